The van der Waals surface area contributed by atoms with Crippen LogP contribution in [-0.2, 0) is 14.3 Å². The van der Waals surface area contributed by atoms with Crippen molar-refractivity contribution in [2.75, 3.05) is 32.3 Å². The number of aromatic nitrogens is 1. The van der Waals surface area contributed by atoms with Gasteiger partial charge in [-0.05, 0) is 62.2 Å². The van der Waals surface area contributed by atoms with Crippen molar-refractivity contribution in [3.8, 4) is 17.2 Å². The van der Waals surface area contributed by atoms with Gasteiger partial charge in [0.15, 0.2) is 16.6 Å². The van der Waals surface area contributed by atoms with Gasteiger partial charge in [-0.15, -0.1) is 0 Å². The quantitative estimate of drug-likeness (QED) is 0.104. The first kappa shape index (κ1) is 29.6. The van der Waals surface area contributed by atoms with Crippen LogP contribution in [0.1, 0.15) is 59.2 Å². The zero-order valence-electron chi connectivity index (χ0n) is 23.6. The van der Waals surface area contributed by atoms with Gasteiger partial charge in [0.2, 0.25) is 0 Å². The van der Waals surface area contributed by atoms with E-state index in [-0.39, 0.29) is 21.3 Å². The van der Waals surface area contributed by atoms with E-state index in [4.69, 9.17) is 18.9 Å². The largest absolute Gasteiger partial charge is 0.507 e. The molecule has 1 atom stereocenters. The van der Waals surface area contributed by atoms with Crippen molar-refractivity contribution >= 4 is 39.9 Å². The van der Waals surface area contributed by atoms with E-state index in [1.54, 1.807) is 49.4 Å². The zero-order chi connectivity index (χ0) is 29.7. The van der Waals surface area contributed by atoms with Gasteiger partial charge in [-0.2, -0.15) is 0 Å². The van der Waals surface area contributed by atoms with Crippen LogP contribution in [-0.4, -0.2) is 55.2 Å². The van der Waals surface area contributed by atoms with Crippen LogP contribution in [0.4, 0.5) is 5.13 Å². The van der Waals surface area contributed by atoms with Crippen LogP contribution in [0.25, 0.3) is 5.76 Å². The summed E-state index contributed by atoms with van der Waals surface area (Å²) in [6.45, 7) is 6.49. The molecule has 2 aromatic carbocycles. The highest BCUT2D eigenvalue weighted by Gasteiger charge is 2.48. The number of hydrogen-bond donors (Lipinski definition) is 1. The van der Waals surface area contributed by atoms with E-state index in [9.17, 15) is 19.5 Å². The van der Waals surface area contributed by atoms with Crippen LogP contribution >= 0.6 is 11.3 Å². The molecule has 0 aliphatic carbocycles. The summed E-state index contributed by atoms with van der Waals surface area (Å²) >= 11 is 0.926. The summed E-state index contributed by atoms with van der Waals surface area (Å²) in [5, 5.41) is 11.6. The van der Waals surface area contributed by atoms with Crippen LogP contribution in [0, 0.1) is 6.92 Å². The molecule has 0 saturated carbocycles. The van der Waals surface area contributed by atoms with Crippen molar-refractivity contribution in [1.82, 2.24) is 4.98 Å². The lowest BCUT2D eigenvalue weighted by Crippen LogP contribution is -2.29. The van der Waals surface area contributed by atoms with E-state index in [1.165, 1.54) is 19.1 Å². The first-order chi connectivity index (χ1) is 19.7. The monoisotopic (exact) mass is 580 g/mol. The van der Waals surface area contributed by atoms with Gasteiger partial charge in [0.1, 0.15) is 16.4 Å². The van der Waals surface area contributed by atoms with Gasteiger partial charge in [0.25, 0.3) is 5.78 Å². The van der Waals surface area contributed by atoms with Gasteiger partial charge in [0, 0.05) is 5.56 Å². The molecule has 1 amide bonds. The Hall–Kier alpha value is -4.38. The molecule has 1 saturated heterocycles. The molecule has 1 aliphatic rings. The molecule has 3 aromatic rings. The second-order valence-electron chi connectivity index (χ2n) is 9.14. The second-order valence-corrected chi connectivity index (χ2v) is 10.1. The van der Waals surface area contributed by atoms with E-state index >= 15 is 0 Å². The van der Waals surface area contributed by atoms with E-state index in [2.05, 4.69) is 11.9 Å². The zero-order valence-corrected chi connectivity index (χ0v) is 24.4. The number of benzene rings is 2. The average molecular weight is 581 g/mol. The molecule has 4 rings (SSSR count). The number of carbonyl (C=O) groups excluding carboxylic acids is 3. The molecule has 216 valence electrons. The molecule has 0 radical (unpaired) electrons. The van der Waals surface area contributed by atoms with Crippen LogP contribution in [0.15, 0.2) is 48.0 Å². The number of esters is 1. The van der Waals surface area contributed by atoms with Crippen molar-refractivity contribution in [2.24, 2.45) is 0 Å². The maximum absolute atomic E-state index is 13.5. The predicted molar refractivity (Wildman–Crippen MR) is 154 cm³/mol. The Bertz CT molecular complexity index is 1480. The van der Waals surface area contributed by atoms with E-state index in [1.807, 2.05) is 6.92 Å². The molecule has 1 aromatic heterocycles. The summed E-state index contributed by atoms with van der Waals surface area (Å²) in [5.41, 5.74) is 1.02. The fraction of sp³-hybridized carbons (Fsp3) is 0.333. The van der Waals surface area contributed by atoms with Crippen molar-refractivity contribution in [3.63, 3.8) is 0 Å². The number of hydrogen-bond acceptors (Lipinski definition) is 10. The molecule has 0 bridgehead atoms. The maximum atomic E-state index is 13.5. The third-order valence-electron chi connectivity index (χ3n) is 6.50. The van der Waals surface area contributed by atoms with Gasteiger partial charge < -0.3 is 24.1 Å². The number of nitrogens with zero attached hydrogens (tertiary/aromatic N) is 2. The summed E-state index contributed by atoms with van der Waals surface area (Å²) in [6, 6.07) is 10.6. The van der Waals surface area contributed by atoms with E-state index in [0.717, 1.165) is 24.2 Å². The number of aliphatic hydroxyl groups is 1. The molecule has 41 heavy (non-hydrogen) atoms. The topological polar surface area (TPSA) is 124 Å². The summed E-state index contributed by atoms with van der Waals surface area (Å²) < 4.78 is 21.7. The summed E-state index contributed by atoms with van der Waals surface area (Å²) in [7, 11) is 2.73. The Kier molecular flexibility index (Phi) is 9.28. The van der Waals surface area contributed by atoms with Crippen molar-refractivity contribution < 1.29 is 38.4 Å². The molecule has 1 fully saturated rings. The number of unbranched alkanes of at least 4 members (excludes halogenated alkanes) is 1. The third-order valence-corrected chi connectivity index (χ3v) is 7.64. The minimum atomic E-state index is -1.07. The first-order valence-corrected chi connectivity index (χ1v) is 14.0. The Labute approximate surface area is 242 Å². The normalized spacial score (nSPS) is 16.1. The van der Waals surface area contributed by atoms with Crippen LogP contribution in [0.3, 0.4) is 0 Å². The SMILES string of the molecule is CCCCOc1ccc(C(O)=C2C(=O)C(=O)N(c3nc(C)c(C(=O)OC)s3)[C@H]2c2ccc(OCC)c(OC)c2)cc1. The molecule has 0 spiro atoms. The predicted octanol–water partition coefficient (Wildman–Crippen LogP) is 5.45. The van der Waals surface area contributed by atoms with Gasteiger partial charge in [-0.1, -0.05) is 30.7 Å². The Morgan fingerprint density at radius 1 is 1.05 bits per heavy atom. The van der Waals surface area contributed by atoms with E-state index < -0.39 is 23.7 Å². The van der Waals surface area contributed by atoms with Crippen LogP contribution in [0.2, 0.25) is 0 Å². The molecule has 10 nitrogen and oxygen atoms in total. The lowest BCUT2D eigenvalue weighted by Gasteiger charge is -2.24. The third kappa shape index (κ3) is 5.90. The Morgan fingerprint density at radius 3 is 2.41 bits per heavy atom. The first-order valence-electron chi connectivity index (χ1n) is 13.2. The van der Waals surface area contributed by atoms with Crippen molar-refractivity contribution in [1.29, 1.82) is 0 Å². The van der Waals surface area contributed by atoms with Crippen molar-refractivity contribution in [2.45, 2.75) is 39.7 Å². The Morgan fingerprint density at radius 2 is 1.78 bits per heavy atom. The fourth-order valence-electron chi connectivity index (χ4n) is 4.44. The maximum Gasteiger partial charge on any atom is 0.350 e. The minimum Gasteiger partial charge on any atom is -0.507 e. The smallest absolute Gasteiger partial charge is 0.350 e. The molecule has 1 N–H and O–H groups in total. The number of Topliss-reactive ketones (excluding diaryl/α,β-unsaturated/α-hetero) is 1. The van der Waals surface area contributed by atoms with E-state index in [0.29, 0.717) is 47.3 Å². The number of carbonyl (C=O) groups is 3. The number of ketones is 1. The number of ether oxygens (including phenoxy) is 4. The molecule has 1 aliphatic heterocycles. The van der Waals surface area contributed by atoms with Gasteiger partial charge >= 0.3 is 11.9 Å². The minimum absolute atomic E-state index is 0.113. The number of aryl methyl sites for hydroxylation is 1. The Balaban J connectivity index is 1.87. The fourth-order valence-corrected chi connectivity index (χ4v) is 5.45. The number of aliphatic hydroxyl groups excluding tert-OH is 1. The molecule has 0 unspecified atom stereocenters. The standard InChI is InChI=1S/C30H32N2O8S/c1-6-8-15-40-20-12-9-18(10-13-20)25(33)23-24(19-11-14-21(39-7-2)22(16-19)37-4)32(28(35)26(23)34)30-31-17(3)27(41-30)29(36)38-5/h9-14,16,24,33H,6-8,15H2,1-5H3/t24-/m0/s1. The highest BCUT2D eigenvalue weighted by atomic mass is 32.1. The number of rotatable bonds is 11. The highest BCUT2D eigenvalue weighted by Crippen LogP contribution is 2.45. The summed E-state index contributed by atoms with van der Waals surface area (Å²) in [4.78, 5) is 45.2. The molecular weight excluding hydrogens is 548 g/mol. The second kappa shape index (κ2) is 12.9. The van der Waals surface area contributed by atoms with Crippen LogP contribution in [0.5, 0.6) is 17.2 Å². The lowest BCUT2D eigenvalue weighted by molar-refractivity contribution is -0.132. The molecular formula is C30H32N2O8S. The summed E-state index contributed by atoms with van der Waals surface area (Å²) in [6.07, 6.45) is 1.90. The van der Waals surface area contributed by atoms with Crippen LogP contribution < -0.4 is 19.1 Å². The number of thiazole rings is 1. The highest BCUT2D eigenvalue weighted by molar-refractivity contribution is 7.17. The van der Waals surface area contributed by atoms with Gasteiger partial charge in [0.05, 0.1) is 44.7 Å². The number of amides is 1. The average Bonchev–Trinajstić information content (AvgIpc) is 3.49. The number of methoxy groups -OCH3 is 2. The van der Waals surface area contributed by atoms with Gasteiger partial charge in [-0.25, -0.2) is 9.78 Å². The van der Waals surface area contributed by atoms with Gasteiger partial charge in [-0.3, -0.25) is 14.5 Å². The van der Waals surface area contributed by atoms with Crippen molar-refractivity contribution in [3.05, 3.63) is 69.7 Å². The lowest BCUT2D eigenvalue weighted by atomic mass is 9.95. The summed E-state index contributed by atoms with van der Waals surface area (Å²) in [5.74, 6) is -1.27. The molecule has 2 heterocycles. The molecule has 11 heteroatoms. The number of anilines is 1.